The fraction of sp³-hybridized carbons (Fsp3) is 0.526. The van der Waals surface area contributed by atoms with Crippen molar-refractivity contribution in [2.75, 3.05) is 6.61 Å². The SMILES string of the molecule is CCc1ccc(Cc2c(O[C@@H]3S[C@H](CO)[C@@H](O)[C@H](O)[C@H]3O)n[nH]c2C)cc1. The van der Waals surface area contributed by atoms with Gasteiger partial charge in [-0.05, 0) is 24.5 Å². The number of aliphatic hydroxyl groups excluding tert-OH is 4. The summed E-state index contributed by atoms with van der Waals surface area (Å²) in [4.78, 5) is 0. The molecule has 5 atom stereocenters. The number of thioether (sulfide) groups is 1. The number of hydrogen-bond donors (Lipinski definition) is 5. The smallest absolute Gasteiger partial charge is 0.237 e. The van der Waals surface area contributed by atoms with E-state index in [0.29, 0.717) is 12.3 Å². The number of nitrogens with zero attached hydrogens (tertiary/aromatic N) is 1. The fourth-order valence-electron chi connectivity index (χ4n) is 3.11. The van der Waals surface area contributed by atoms with Gasteiger partial charge in [-0.25, -0.2) is 0 Å². The molecule has 1 aromatic carbocycles. The van der Waals surface area contributed by atoms with Crippen LogP contribution in [0, 0.1) is 6.92 Å². The maximum atomic E-state index is 10.3. The molecule has 2 heterocycles. The van der Waals surface area contributed by atoms with Crippen LogP contribution in [0.3, 0.4) is 0 Å². The molecule has 1 aliphatic rings. The average Bonchev–Trinajstić information content (AvgIpc) is 3.02. The van der Waals surface area contributed by atoms with Crippen molar-refractivity contribution in [3.8, 4) is 5.88 Å². The highest BCUT2D eigenvalue weighted by molar-refractivity contribution is 8.00. The lowest BCUT2D eigenvalue weighted by Crippen LogP contribution is -2.55. The summed E-state index contributed by atoms with van der Waals surface area (Å²) in [6.07, 6.45) is -2.30. The van der Waals surface area contributed by atoms with E-state index in [1.807, 2.05) is 6.92 Å². The van der Waals surface area contributed by atoms with Crippen LogP contribution < -0.4 is 4.74 Å². The lowest BCUT2D eigenvalue weighted by atomic mass is 10.0. The van der Waals surface area contributed by atoms with E-state index < -0.39 is 29.0 Å². The molecular weight excluding hydrogens is 368 g/mol. The first-order valence-electron chi connectivity index (χ1n) is 9.03. The van der Waals surface area contributed by atoms with Crippen molar-refractivity contribution in [2.24, 2.45) is 0 Å². The minimum absolute atomic E-state index is 0.328. The molecule has 0 saturated carbocycles. The van der Waals surface area contributed by atoms with Crippen molar-refractivity contribution in [2.45, 2.75) is 55.7 Å². The number of rotatable bonds is 6. The summed E-state index contributed by atoms with van der Waals surface area (Å²) < 4.78 is 5.88. The van der Waals surface area contributed by atoms with Gasteiger partial charge in [-0.3, -0.25) is 5.10 Å². The Labute approximate surface area is 162 Å². The number of aromatic nitrogens is 2. The van der Waals surface area contributed by atoms with Crippen molar-refractivity contribution in [1.29, 1.82) is 0 Å². The molecule has 2 aromatic rings. The third-order valence-corrected chi connectivity index (χ3v) is 6.35. The zero-order chi connectivity index (χ0) is 19.6. The number of H-pyrrole nitrogens is 1. The molecule has 5 N–H and O–H groups in total. The summed E-state index contributed by atoms with van der Waals surface area (Å²) in [6.45, 7) is 3.68. The van der Waals surface area contributed by atoms with Crippen LogP contribution in [0.25, 0.3) is 0 Å². The molecule has 0 bridgehead atoms. The van der Waals surface area contributed by atoms with Crippen molar-refractivity contribution < 1.29 is 25.2 Å². The van der Waals surface area contributed by atoms with Gasteiger partial charge >= 0.3 is 0 Å². The Balaban J connectivity index is 1.77. The molecule has 27 heavy (non-hydrogen) atoms. The van der Waals surface area contributed by atoms with Crippen LogP contribution >= 0.6 is 11.8 Å². The van der Waals surface area contributed by atoms with E-state index in [0.717, 1.165) is 35.0 Å². The van der Waals surface area contributed by atoms with Gasteiger partial charge in [-0.1, -0.05) is 31.2 Å². The molecule has 1 fully saturated rings. The minimum atomic E-state index is -1.39. The molecular formula is C19H26N2O5S. The Morgan fingerprint density at radius 2 is 1.74 bits per heavy atom. The summed E-state index contributed by atoms with van der Waals surface area (Å²) in [5, 5.41) is 46.0. The molecule has 1 saturated heterocycles. The Kier molecular flexibility index (Phi) is 6.44. The average molecular weight is 394 g/mol. The van der Waals surface area contributed by atoms with Gasteiger partial charge in [0.25, 0.3) is 0 Å². The number of aromatic amines is 1. The second-order valence-electron chi connectivity index (χ2n) is 6.79. The second kappa shape index (κ2) is 8.62. The monoisotopic (exact) mass is 394 g/mol. The molecule has 1 aliphatic heterocycles. The highest BCUT2D eigenvalue weighted by Crippen LogP contribution is 2.35. The van der Waals surface area contributed by atoms with Crippen LogP contribution in [-0.2, 0) is 12.8 Å². The summed E-state index contributed by atoms with van der Waals surface area (Å²) >= 11 is 1.09. The predicted molar refractivity (Wildman–Crippen MR) is 103 cm³/mol. The maximum absolute atomic E-state index is 10.3. The van der Waals surface area contributed by atoms with Gasteiger partial charge in [0.1, 0.15) is 12.2 Å². The van der Waals surface area contributed by atoms with Gasteiger partial charge in [0.05, 0.1) is 18.0 Å². The highest BCUT2D eigenvalue weighted by atomic mass is 32.2. The molecule has 0 amide bonds. The quantitative estimate of drug-likeness (QED) is 0.491. The first-order chi connectivity index (χ1) is 12.9. The standard InChI is InChI=1S/C19H26N2O5S/c1-3-11-4-6-12(7-5-11)8-13-10(2)20-21-18(13)26-19-17(25)16(24)15(23)14(9-22)27-19/h4-7,14-17,19,22-25H,3,8-9H2,1-2H3,(H,20,21)/t14-,15-,16+,17-,19-/m1/s1. The Bertz CT molecular complexity index is 749. The number of aryl methyl sites for hydroxylation is 2. The molecule has 1 aromatic heterocycles. The molecule has 148 valence electrons. The molecule has 7 nitrogen and oxygen atoms in total. The van der Waals surface area contributed by atoms with Gasteiger partial charge in [0.15, 0.2) is 5.44 Å². The normalized spacial score (nSPS) is 28.3. The fourth-order valence-corrected chi connectivity index (χ4v) is 4.33. The highest BCUT2D eigenvalue weighted by Gasteiger charge is 2.44. The van der Waals surface area contributed by atoms with Gasteiger partial charge in [-0.15, -0.1) is 16.9 Å². The van der Waals surface area contributed by atoms with Gasteiger partial charge in [0, 0.05) is 17.7 Å². The summed E-state index contributed by atoms with van der Waals surface area (Å²) in [6, 6.07) is 8.33. The number of benzene rings is 1. The lowest BCUT2D eigenvalue weighted by molar-refractivity contribution is -0.0915. The van der Waals surface area contributed by atoms with Crippen molar-refractivity contribution in [1.82, 2.24) is 10.2 Å². The summed E-state index contributed by atoms with van der Waals surface area (Å²) in [7, 11) is 0. The number of aliphatic hydroxyl groups is 4. The Morgan fingerprint density at radius 1 is 1.07 bits per heavy atom. The number of nitrogens with one attached hydrogen (secondary N) is 1. The van der Waals surface area contributed by atoms with Crippen LogP contribution in [0.5, 0.6) is 5.88 Å². The lowest BCUT2D eigenvalue weighted by Gasteiger charge is -2.38. The zero-order valence-corrected chi connectivity index (χ0v) is 16.2. The zero-order valence-electron chi connectivity index (χ0n) is 15.4. The van der Waals surface area contributed by atoms with Crippen molar-refractivity contribution in [3.63, 3.8) is 0 Å². The first-order valence-corrected chi connectivity index (χ1v) is 9.97. The molecule has 0 aliphatic carbocycles. The minimum Gasteiger partial charge on any atom is -0.459 e. The molecule has 0 unspecified atom stereocenters. The van der Waals surface area contributed by atoms with Crippen molar-refractivity contribution in [3.05, 3.63) is 46.6 Å². The molecule has 3 rings (SSSR count). The Morgan fingerprint density at radius 3 is 2.37 bits per heavy atom. The number of ether oxygens (including phenoxy) is 1. The van der Waals surface area contributed by atoms with E-state index in [1.54, 1.807) is 0 Å². The van der Waals surface area contributed by atoms with Crippen molar-refractivity contribution >= 4 is 11.8 Å². The molecule has 8 heteroatoms. The van der Waals surface area contributed by atoms with E-state index in [4.69, 9.17) is 4.74 Å². The molecule has 0 spiro atoms. The van der Waals surface area contributed by atoms with E-state index in [2.05, 4.69) is 41.4 Å². The third-order valence-electron chi connectivity index (χ3n) is 4.92. The van der Waals surface area contributed by atoms with Gasteiger partial charge in [0.2, 0.25) is 5.88 Å². The topological polar surface area (TPSA) is 119 Å². The van der Waals surface area contributed by atoms with Crippen LogP contribution in [0.2, 0.25) is 0 Å². The van der Waals surface area contributed by atoms with Gasteiger partial charge in [-0.2, -0.15) is 0 Å². The van der Waals surface area contributed by atoms with E-state index in [-0.39, 0.29) is 6.61 Å². The maximum Gasteiger partial charge on any atom is 0.237 e. The van der Waals surface area contributed by atoms with E-state index >= 15 is 0 Å². The number of hydrogen-bond acceptors (Lipinski definition) is 7. The van der Waals surface area contributed by atoms with Crippen LogP contribution in [0.1, 0.15) is 29.3 Å². The third kappa shape index (κ3) is 4.30. The summed E-state index contributed by atoms with van der Waals surface area (Å²) in [5.74, 6) is 0.351. The van der Waals surface area contributed by atoms with E-state index in [1.165, 1.54) is 5.56 Å². The van der Waals surface area contributed by atoms with Gasteiger partial charge < -0.3 is 25.2 Å². The second-order valence-corrected chi connectivity index (χ2v) is 8.14. The predicted octanol–water partition coefficient (Wildman–Crippen LogP) is 0.767. The largest absolute Gasteiger partial charge is 0.459 e. The van der Waals surface area contributed by atoms with Crippen LogP contribution in [-0.4, -0.2) is 66.2 Å². The Hall–Kier alpha value is -1.58. The molecule has 0 radical (unpaired) electrons. The summed E-state index contributed by atoms with van der Waals surface area (Å²) in [5.41, 5.74) is 3.27. The van der Waals surface area contributed by atoms with Crippen LogP contribution in [0.4, 0.5) is 0 Å². The van der Waals surface area contributed by atoms with Crippen LogP contribution in [0.15, 0.2) is 24.3 Å². The first kappa shape index (κ1) is 20.2. The van der Waals surface area contributed by atoms with E-state index in [9.17, 15) is 20.4 Å².